The molecule has 0 bridgehead atoms. The fraction of sp³-hybridized carbons (Fsp3) is 0.538. The lowest BCUT2D eigenvalue weighted by atomic mass is 9.99. The molecular weight excluding hydrogens is 220 g/mol. The Balaban J connectivity index is 3.79. The molecule has 4 heteroatoms. The molecule has 0 fully saturated rings. The van der Waals surface area contributed by atoms with E-state index in [4.69, 9.17) is 9.84 Å². The van der Waals surface area contributed by atoms with E-state index in [2.05, 4.69) is 20.8 Å². The second-order valence-electron chi connectivity index (χ2n) is 4.34. The molecule has 0 aliphatic heterocycles. The van der Waals surface area contributed by atoms with Gasteiger partial charge in [-0.2, -0.15) is 0 Å². The SMILES string of the molecule is CC(C)CC(C)C=CCOC(=O)C=CC(=O)O. The first-order valence-electron chi connectivity index (χ1n) is 5.66. The highest BCUT2D eigenvalue weighted by atomic mass is 16.5. The molecule has 0 heterocycles. The molecule has 0 amide bonds. The number of ether oxygens (including phenoxy) is 1. The third-order valence-electron chi connectivity index (χ3n) is 1.99. The number of rotatable bonds is 7. The molecule has 0 aromatic rings. The Kier molecular flexibility index (Phi) is 7.76. The number of esters is 1. The minimum absolute atomic E-state index is 0.172. The van der Waals surface area contributed by atoms with Crippen LogP contribution in [0.5, 0.6) is 0 Å². The average Bonchev–Trinajstić information content (AvgIpc) is 2.20. The van der Waals surface area contributed by atoms with Gasteiger partial charge in [-0.05, 0) is 18.3 Å². The van der Waals surface area contributed by atoms with E-state index in [0.717, 1.165) is 18.6 Å². The van der Waals surface area contributed by atoms with Crippen molar-refractivity contribution >= 4 is 11.9 Å². The minimum atomic E-state index is -1.16. The van der Waals surface area contributed by atoms with Crippen LogP contribution in [0.3, 0.4) is 0 Å². The van der Waals surface area contributed by atoms with Crippen molar-refractivity contribution in [2.24, 2.45) is 11.8 Å². The van der Waals surface area contributed by atoms with Gasteiger partial charge < -0.3 is 9.84 Å². The Bertz CT molecular complexity index is 303. The van der Waals surface area contributed by atoms with Gasteiger partial charge in [0.2, 0.25) is 0 Å². The van der Waals surface area contributed by atoms with Crippen molar-refractivity contribution in [1.82, 2.24) is 0 Å². The summed E-state index contributed by atoms with van der Waals surface area (Å²) in [7, 11) is 0. The molecule has 17 heavy (non-hydrogen) atoms. The van der Waals surface area contributed by atoms with Crippen LogP contribution in [0.2, 0.25) is 0 Å². The topological polar surface area (TPSA) is 63.6 Å². The first-order valence-corrected chi connectivity index (χ1v) is 5.66. The summed E-state index contributed by atoms with van der Waals surface area (Å²) in [4.78, 5) is 21.1. The quantitative estimate of drug-likeness (QED) is 0.421. The number of hydrogen-bond acceptors (Lipinski definition) is 3. The summed E-state index contributed by atoms with van der Waals surface area (Å²) in [5, 5.41) is 8.28. The van der Waals surface area contributed by atoms with E-state index in [1.54, 1.807) is 6.08 Å². The van der Waals surface area contributed by atoms with Crippen LogP contribution < -0.4 is 0 Å². The maximum atomic E-state index is 11.0. The lowest BCUT2D eigenvalue weighted by Gasteiger charge is -2.08. The Morgan fingerprint density at radius 1 is 1.24 bits per heavy atom. The largest absolute Gasteiger partial charge is 0.478 e. The lowest BCUT2D eigenvalue weighted by Crippen LogP contribution is -2.02. The fourth-order valence-corrected chi connectivity index (χ4v) is 1.43. The van der Waals surface area contributed by atoms with Gasteiger partial charge in [0, 0.05) is 12.2 Å². The summed E-state index contributed by atoms with van der Waals surface area (Å²) < 4.78 is 4.77. The molecule has 0 aliphatic rings. The average molecular weight is 240 g/mol. The molecule has 0 spiro atoms. The summed E-state index contributed by atoms with van der Waals surface area (Å²) in [6, 6.07) is 0. The maximum absolute atomic E-state index is 11.0. The zero-order valence-corrected chi connectivity index (χ0v) is 10.6. The molecule has 4 nitrogen and oxygen atoms in total. The summed E-state index contributed by atoms with van der Waals surface area (Å²) in [6.45, 7) is 6.58. The van der Waals surface area contributed by atoms with E-state index in [0.29, 0.717) is 11.8 Å². The van der Waals surface area contributed by atoms with Crippen molar-refractivity contribution in [3.05, 3.63) is 24.3 Å². The zero-order chi connectivity index (χ0) is 13.3. The zero-order valence-electron chi connectivity index (χ0n) is 10.6. The van der Waals surface area contributed by atoms with Gasteiger partial charge in [-0.15, -0.1) is 0 Å². The Hall–Kier alpha value is -1.58. The number of aliphatic carboxylic acids is 1. The van der Waals surface area contributed by atoms with Crippen LogP contribution in [-0.2, 0) is 14.3 Å². The van der Waals surface area contributed by atoms with Crippen LogP contribution in [0.4, 0.5) is 0 Å². The van der Waals surface area contributed by atoms with Gasteiger partial charge in [-0.25, -0.2) is 9.59 Å². The van der Waals surface area contributed by atoms with Crippen molar-refractivity contribution in [3.63, 3.8) is 0 Å². The highest BCUT2D eigenvalue weighted by Crippen LogP contribution is 2.11. The third kappa shape index (κ3) is 10.7. The molecule has 0 aromatic carbocycles. The standard InChI is InChI=1S/C13H20O4/c1-10(2)9-11(3)5-4-8-17-13(16)7-6-12(14)15/h4-7,10-11H,8-9H2,1-3H3,(H,14,15). The van der Waals surface area contributed by atoms with E-state index in [-0.39, 0.29) is 6.61 Å². The van der Waals surface area contributed by atoms with Crippen LogP contribution in [-0.4, -0.2) is 23.7 Å². The van der Waals surface area contributed by atoms with Crippen molar-refractivity contribution < 1.29 is 19.4 Å². The van der Waals surface area contributed by atoms with Gasteiger partial charge in [0.15, 0.2) is 0 Å². The predicted molar refractivity (Wildman–Crippen MR) is 65.5 cm³/mol. The van der Waals surface area contributed by atoms with Crippen LogP contribution in [0, 0.1) is 11.8 Å². The maximum Gasteiger partial charge on any atom is 0.331 e. The monoisotopic (exact) mass is 240 g/mol. The minimum Gasteiger partial charge on any atom is -0.478 e. The molecule has 1 atom stereocenters. The first-order chi connectivity index (χ1) is 7.91. The molecular formula is C13H20O4. The molecule has 0 aromatic heterocycles. The Morgan fingerprint density at radius 3 is 2.41 bits per heavy atom. The molecule has 1 unspecified atom stereocenters. The summed E-state index contributed by atoms with van der Waals surface area (Å²) >= 11 is 0. The molecule has 96 valence electrons. The summed E-state index contributed by atoms with van der Waals surface area (Å²) in [5.41, 5.74) is 0. The molecule has 0 rings (SSSR count). The number of carbonyl (C=O) groups excluding carboxylic acids is 1. The number of hydrogen-bond donors (Lipinski definition) is 1. The van der Waals surface area contributed by atoms with E-state index in [9.17, 15) is 9.59 Å². The molecule has 0 radical (unpaired) electrons. The second-order valence-corrected chi connectivity index (χ2v) is 4.34. The van der Waals surface area contributed by atoms with E-state index >= 15 is 0 Å². The van der Waals surface area contributed by atoms with Crippen LogP contribution in [0.15, 0.2) is 24.3 Å². The fourth-order valence-electron chi connectivity index (χ4n) is 1.43. The number of carbonyl (C=O) groups is 2. The number of carboxylic acid groups (broad SMARTS) is 1. The van der Waals surface area contributed by atoms with Gasteiger partial charge in [0.25, 0.3) is 0 Å². The van der Waals surface area contributed by atoms with Gasteiger partial charge >= 0.3 is 11.9 Å². The van der Waals surface area contributed by atoms with Gasteiger partial charge in [-0.3, -0.25) is 0 Å². The second kappa shape index (κ2) is 8.56. The lowest BCUT2D eigenvalue weighted by molar-refractivity contribution is -0.137. The van der Waals surface area contributed by atoms with Crippen LogP contribution in [0.1, 0.15) is 27.2 Å². The first kappa shape index (κ1) is 15.4. The third-order valence-corrected chi connectivity index (χ3v) is 1.99. The number of carboxylic acids is 1. The van der Waals surface area contributed by atoms with Gasteiger partial charge in [0.1, 0.15) is 6.61 Å². The van der Waals surface area contributed by atoms with E-state index in [1.165, 1.54) is 0 Å². The Labute approximate surface area is 102 Å². The van der Waals surface area contributed by atoms with Crippen molar-refractivity contribution in [3.8, 4) is 0 Å². The van der Waals surface area contributed by atoms with Crippen molar-refractivity contribution in [2.45, 2.75) is 27.2 Å². The molecule has 0 saturated carbocycles. The van der Waals surface area contributed by atoms with E-state index in [1.807, 2.05) is 6.08 Å². The van der Waals surface area contributed by atoms with Gasteiger partial charge in [0.05, 0.1) is 0 Å². The van der Waals surface area contributed by atoms with Crippen LogP contribution >= 0.6 is 0 Å². The van der Waals surface area contributed by atoms with Crippen molar-refractivity contribution in [1.29, 1.82) is 0 Å². The normalized spacial score (nSPS) is 13.4. The van der Waals surface area contributed by atoms with Gasteiger partial charge in [-0.1, -0.05) is 32.9 Å². The molecule has 0 saturated heterocycles. The predicted octanol–water partition coefficient (Wildman–Crippen LogP) is 2.41. The molecule has 0 aliphatic carbocycles. The Morgan fingerprint density at radius 2 is 1.88 bits per heavy atom. The molecule has 1 N–H and O–H groups in total. The summed E-state index contributed by atoms with van der Waals surface area (Å²) in [5.74, 6) is -0.726. The highest BCUT2D eigenvalue weighted by molar-refractivity contribution is 5.90. The summed E-state index contributed by atoms with van der Waals surface area (Å²) in [6.07, 6.45) is 6.51. The van der Waals surface area contributed by atoms with E-state index < -0.39 is 11.9 Å². The number of allylic oxidation sites excluding steroid dienone is 1. The van der Waals surface area contributed by atoms with Crippen LogP contribution in [0.25, 0.3) is 0 Å². The highest BCUT2D eigenvalue weighted by Gasteiger charge is 2.00. The smallest absolute Gasteiger partial charge is 0.331 e. The van der Waals surface area contributed by atoms with Crippen molar-refractivity contribution in [2.75, 3.05) is 6.61 Å².